The number of nitrogens with one attached hydrogen (secondary N) is 1. The molecule has 0 aromatic carbocycles. The number of carbonyl (C=O) groups excluding carboxylic acids is 3. The maximum atomic E-state index is 13.4. The van der Waals surface area contributed by atoms with Gasteiger partial charge in [-0.1, -0.05) is 47.6 Å². The van der Waals surface area contributed by atoms with Crippen molar-refractivity contribution < 1.29 is 14.4 Å². The van der Waals surface area contributed by atoms with Crippen LogP contribution >= 0.6 is 0 Å². The number of rotatable bonds is 9. The third-order valence-electron chi connectivity index (χ3n) is 6.64. The third kappa shape index (κ3) is 7.58. The summed E-state index contributed by atoms with van der Waals surface area (Å²) in [5.74, 6) is 0.131. The first-order valence-electron chi connectivity index (χ1n) is 11.5. The zero-order valence-electron chi connectivity index (χ0n) is 21.0. The number of ketones is 1. The number of hydrogen-bond acceptors (Lipinski definition) is 4. The molecule has 31 heavy (non-hydrogen) atoms. The van der Waals surface area contributed by atoms with E-state index < -0.39 is 6.04 Å². The molecule has 0 aromatic heterocycles. The van der Waals surface area contributed by atoms with Gasteiger partial charge in [0.2, 0.25) is 11.8 Å². The summed E-state index contributed by atoms with van der Waals surface area (Å²) in [6, 6.07) is -0.665. The van der Waals surface area contributed by atoms with Gasteiger partial charge in [0, 0.05) is 44.1 Å². The van der Waals surface area contributed by atoms with Gasteiger partial charge in [0.25, 0.3) is 0 Å². The number of hydrogen-bond donors (Lipinski definition) is 1. The van der Waals surface area contributed by atoms with Crippen molar-refractivity contribution in [2.75, 3.05) is 13.6 Å². The van der Waals surface area contributed by atoms with Crippen LogP contribution in [-0.2, 0) is 14.4 Å². The molecule has 6 heteroatoms. The van der Waals surface area contributed by atoms with E-state index >= 15 is 0 Å². The summed E-state index contributed by atoms with van der Waals surface area (Å²) in [5, 5.41) is 3.18. The Labute approximate surface area is 188 Å². The van der Waals surface area contributed by atoms with Crippen molar-refractivity contribution in [1.82, 2.24) is 10.2 Å². The molecule has 5 atom stereocenters. The van der Waals surface area contributed by atoms with Gasteiger partial charge in [-0.15, -0.1) is 0 Å². The van der Waals surface area contributed by atoms with E-state index in [2.05, 4.69) is 38.0 Å². The number of allylic oxidation sites excluding steroid dienone is 1. The number of Topliss-reactive ketones (excluding diaryl/α,β-unsaturated/α-hetero) is 1. The lowest BCUT2D eigenvalue weighted by atomic mass is 9.81. The van der Waals surface area contributed by atoms with Crippen molar-refractivity contribution >= 4 is 23.8 Å². The highest BCUT2D eigenvalue weighted by Gasteiger charge is 2.42. The molecule has 0 spiro atoms. The van der Waals surface area contributed by atoms with Crippen LogP contribution in [0.15, 0.2) is 16.6 Å². The summed E-state index contributed by atoms with van der Waals surface area (Å²) in [4.78, 5) is 44.1. The van der Waals surface area contributed by atoms with Crippen molar-refractivity contribution in [3.8, 4) is 0 Å². The summed E-state index contributed by atoms with van der Waals surface area (Å²) < 4.78 is 0. The van der Waals surface area contributed by atoms with E-state index in [0.29, 0.717) is 25.8 Å². The van der Waals surface area contributed by atoms with Gasteiger partial charge >= 0.3 is 0 Å². The summed E-state index contributed by atoms with van der Waals surface area (Å²) in [6.07, 6.45) is 5.42. The highest BCUT2D eigenvalue weighted by atomic mass is 16.2. The predicted octanol–water partition coefficient (Wildman–Crippen LogP) is 4.04. The fraction of sp³-hybridized carbons (Fsp3) is 0.760. The van der Waals surface area contributed by atoms with Gasteiger partial charge in [0.1, 0.15) is 11.8 Å². The second kappa shape index (κ2) is 11.6. The largest absolute Gasteiger partial charge is 0.351 e. The molecular weight excluding hydrogens is 390 g/mol. The molecule has 0 bridgehead atoms. The maximum absolute atomic E-state index is 13.4. The molecule has 1 N–H and O–H groups in total. The molecule has 1 rings (SSSR count). The number of carbonyl (C=O) groups is 3. The van der Waals surface area contributed by atoms with E-state index in [1.165, 1.54) is 0 Å². The Morgan fingerprint density at radius 2 is 1.84 bits per heavy atom. The SMILES string of the molecule is C/C=C(\C=NC)[C@H](C)C(CCC(C)=O)NC(=O)[C@@H]1CC(C)CN1C(=O)[C@@H](C)C(C)(C)C. The molecule has 2 unspecified atom stereocenters. The molecule has 0 aliphatic carbocycles. The van der Waals surface area contributed by atoms with Gasteiger partial charge in [-0.25, -0.2) is 0 Å². The zero-order chi connectivity index (χ0) is 23.9. The molecule has 0 radical (unpaired) electrons. The second-order valence-corrected chi connectivity index (χ2v) is 10.3. The number of likely N-dealkylation sites (tertiary alicyclic amines) is 1. The number of nitrogens with zero attached hydrogens (tertiary/aromatic N) is 2. The Morgan fingerprint density at radius 1 is 1.23 bits per heavy atom. The maximum Gasteiger partial charge on any atom is 0.243 e. The predicted molar refractivity (Wildman–Crippen MR) is 127 cm³/mol. The minimum atomic E-state index is -0.465. The quantitative estimate of drug-likeness (QED) is 0.557. The van der Waals surface area contributed by atoms with Crippen molar-refractivity contribution in [3.05, 3.63) is 11.6 Å². The molecule has 0 saturated carbocycles. The fourth-order valence-electron chi connectivity index (χ4n) is 4.08. The van der Waals surface area contributed by atoms with Gasteiger partial charge in [-0.2, -0.15) is 0 Å². The summed E-state index contributed by atoms with van der Waals surface area (Å²) in [6.45, 7) is 16.4. The summed E-state index contributed by atoms with van der Waals surface area (Å²) in [5.41, 5.74) is 0.855. The van der Waals surface area contributed by atoms with Gasteiger partial charge in [0.05, 0.1) is 0 Å². The molecule has 1 saturated heterocycles. The average Bonchev–Trinajstić information content (AvgIpc) is 3.08. The van der Waals surface area contributed by atoms with Crippen molar-refractivity contribution in [1.29, 1.82) is 0 Å². The van der Waals surface area contributed by atoms with Crippen LogP contribution in [0.2, 0.25) is 0 Å². The fourth-order valence-corrected chi connectivity index (χ4v) is 4.08. The molecule has 6 nitrogen and oxygen atoms in total. The Kier molecular flexibility index (Phi) is 10.1. The number of aliphatic imine (C=N–C) groups is 1. The average molecular weight is 434 g/mol. The lowest BCUT2D eigenvalue weighted by molar-refractivity contribution is -0.144. The second-order valence-electron chi connectivity index (χ2n) is 10.3. The molecule has 1 aliphatic heterocycles. The van der Waals surface area contributed by atoms with Crippen molar-refractivity contribution in [2.45, 2.75) is 86.7 Å². The Hall–Kier alpha value is -1.98. The molecule has 2 amide bonds. The minimum Gasteiger partial charge on any atom is -0.351 e. The Balaban J connectivity index is 3.08. The van der Waals surface area contributed by atoms with E-state index in [9.17, 15) is 14.4 Å². The zero-order valence-corrected chi connectivity index (χ0v) is 21.0. The molecule has 1 fully saturated rings. The van der Waals surface area contributed by atoms with Gasteiger partial charge < -0.3 is 15.0 Å². The first-order chi connectivity index (χ1) is 14.3. The molecule has 176 valence electrons. The van der Waals surface area contributed by atoms with Crippen LogP contribution in [0.5, 0.6) is 0 Å². The van der Waals surface area contributed by atoms with Crippen LogP contribution in [0.3, 0.4) is 0 Å². The van der Waals surface area contributed by atoms with E-state index in [-0.39, 0.29) is 46.8 Å². The van der Waals surface area contributed by atoms with Crippen LogP contribution < -0.4 is 5.32 Å². The van der Waals surface area contributed by atoms with Crippen molar-refractivity contribution in [3.63, 3.8) is 0 Å². The Morgan fingerprint density at radius 3 is 2.32 bits per heavy atom. The van der Waals surface area contributed by atoms with Gasteiger partial charge in [-0.3, -0.25) is 14.6 Å². The summed E-state index contributed by atoms with van der Waals surface area (Å²) >= 11 is 0. The molecule has 1 heterocycles. The van der Waals surface area contributed by atoms with E-state index in [4.69, 9.17) is 0 Å². The highest BCUT2D eigenvalue weighted by molar-refractivity contribution is 5.89. The highest BCUT2D eigenvalue weighted by Crippen LogP contribution is 2.32. The van der Waals surface area contributed by atoms with Crippen LogP contribution in [0, 0.1) is 23.2 Å². The molecular formula is C25H43N3O3. The third-order valence-corrected chi connectivity index (χ3v) is 6.64. The van der Waals surface area contributed by atoms with E-state index in [1.54, 1.807) is 25.1 Å². The van der Waals surface area contributed by atoms with Gasteiger partial charge in [-0.05, 0) is 43.6 Å². The molecule has 0 aromatic rings. The lowest BCUT2D eigenvalue weighted by Gasteiger charge is -2.34. The van der Waals surface area contributed by atoms with Crippen LogP contribution in [0.25, 0.3) is 0 Å². The minimum absolute atomic E-state index is 0.00785. The first kappa shape index (κ1) is 27.1. The Bertz CT molecular complexity index is 705. The first-order valence-corrected chi connectivity index (χ1v) is 11.5. The monoisotopic (exact) mass is 433 g/mol. The van der Waals surface area contributed by atoms with Crippen LogP contribution in [0.4, 0.5) is 0 Å². The topological polar surface area (TPSA) is 78.8 Å². The normalized spacial score (nSPS) is 23.0. The smallest absolute Gasteiger partial charge is 0.243 e. The van der Waals surface area contributed by atoms with Crippen LogP contribution in [0.1, 0.15) is 74.7 Å². The van der Waals surface area contributed by atoms with Crippen LogP contribution in [-0.4, -0.2) is 54.4 Å². The molecule has 1 aliphatic rings. The van der Waals surface area contributed by atoms with E-state index in [0.717, 1.165) is 5.57 Å². The lowest BCUT2D eigenvalue weighted by Crippen LogP contribution is -2.52. The van der Waals surface area contributed by atoms with E-state index in [1.807, 2.05) is 26.8 Å². The van der Waals surface area contributed by atoms with Gasteiger partial charge in [0.15, 0.2) is 0 Å². The summed E-state index contributed by atoms with van der Waals surface area (Å²) in [7, 11) is 1.72. The van der Waals surface area contributed by atoms with Crippen molar-refractivity contribution in [2.24, 2.45) is 28.2 Å². The standard InChI is InChI=1S/C25H43N3O3/c1-10-20(14-26-9)18(4)21(12-11-17(3)29)27-23(30)22-13-16(2)15-28(22)24(31)19(5)25(6,7)8/h10,14,16,18-19,21-22H,11-13,15H2,1-9H3,(H,27,30)/b20-10+,26-14?/t16?,18-,19+,21?,22-/m0/s1. The number of amides is 2.